The molecular weight excluding hydrogens is 446 g/mol. The average Bonchev–Trinajstić information content (AvgIpc) is 3.36. The first-order valence-electron chi connectivity index (χ1n) is 10.8. The van der Waals surface area contributed by atoms with E-state index in [1.165, 1.54) is 16.6 Å². The number of nitrogens with one attached hydrogen (secondary N) is 1. The van der Waals surface area contributed by atoms with Crippen molar-refractivity contribution in [2.75, 3.05) is 25.4 Å². The molecule has 0 atom stereocenters. The highest BCUT2D eigenvalue weighted by Gasteiger charge is 2.29. The summed E-state index contributed by atoms with van der Waals surface area (Å²) in [6, 6.07) is 11.4. The van der Waals surface area contributed by atoms with Gasteiger partial charge in [0.05, 0.1) is 30.5 Å². The zero-order chi connectivity index (χ0) is 23.4. The highest BCUT2D eigenvalue weighted by molar-refractivity contribution is 7.89. The fourth-order valence-electron chi connectivity index (χ4n) is 3.95. The molecule has 0 radical (unpaired) electrons. The fourth-order valence-corrected chi connectivity index (χ4v) is 5.37. The summed E-state index contributed by atoms with van der Waals surface area (Å²) in [5.41, 5.74) is 3.02. The van der Waals surface area contributed by atoms with Crippen LogP contribution in [-0.2, 0) is 21.4 Å². The maximum absolute atomic E-state index is 12.7. The van der Waals surface area contributed by atoms with Gasteiger partial charge >= 0.3 is 0 Å². The number of aromatic nitrogens is 3. The number of nitrogens with zero attached hydrogens (tertiary/aromatic N) is 4. The summed E-state index contributed by atoms with van der Waals surface area (Å²) in [7, 11) is -3.62. The number of benzene rings is 1. The molecule has 1 fully saturated rings. The summed E-state index contributed by atoms with van der Waals surface area (Å²) in [5, 5.41) is 17.4. The van der Waals surface area contributed by atoms with Crippen molar-refractivity contribution in [3.8, 4) is 0 Å². The number of ether oxygens (including phenoxy) is 1. The molecule has 3 heterocycles. The molecule has 2 N–H and O–H groups in total. The second-order valence-corrected chi connectivity index (χ2v) is 10.2. The number of amides is 1. The lowest BCUT2D eigenvalue weighted by Gasteiger charge is -2.31. The molecule has 1 amide bonds. The molecule has 0 aliphatic carbocycles. The number of rotatable bonds is 8. The maximum atomic E-state index is 12.7. The van der Waals surface area contributed by atoms with E-state index in [4.69, 9.17) is 4.74 Å². The van der Waals surface area contributed by atoms with Crippen LogP contribution in [0.25, 0.3) is 10.9 Å². The topological polar surface area (TPSA) is 129 Å². The molecule has 0 spiro atoms. The van der Waals surface area contributed by atoms with Gasteiger partial charge in [0.2, 0.25) is 10.0 Å². The number of aromatic amines is 1. The molecule has 0 saturated carbocycles. The van der Waals surface area contributed by atoms with Gasteiger partial charge in [0, 0.05) is 30.4 Å². The summed E-state index contributed by atoms with van der Waals surface area (Å²) in [5.74, 6) is -1.09. The van der Waals surface area contributed by atoms with E-state index in [-0.39, 0.29) is 24.1 Å². The quantitative estimate of drug-likeness (QED) is 0.379. The lowest BCUT2D eigenvalue weighted by atomic mass is 10.1. The van der Waals surface area contributed by atoms with Crippen molar-refractivity contribution in [2.24, 2.45) is 0 Å². The van der Waals surface area contributed by atoms with E-state index < -0.39 is 15.9 Å². The number of hydroxylamine groups is 2. The van der Waals surface area contributed by atoms with Gasteiger partial charge in [-0.2, -0.15) is 5.10 Å². The van der Waals surface area contributed by atoms with Crippen LogP contribution in [0, 0.1) is 6.92 Å². The van der Waals surface area contributed by atoms with E-state index in [0.29, 0.717) is 37.6 Å². The summed E-state index contributed by atoms with van der Waals surface area (Å²) in [6.07, 6.45) is 2.50. The number of hydrogen-bond donors (Lipinski definition) is 2. The Morgan fingerprint density at radius 3 is 2.76 bits per heavy atom. The molecule has 11 heteroatoms. The van der Waals surface area contributed by atoms with Crippen LogP contribution >= 0.6 is 0 Å². The number of fused-ring (bicyclic) bond motifs is 1. The zero-order valence-corrected chi connectivity index (χ0v) is 19.2. The number of pyridine rings is 1. The molecule has 0 bridgehead atoms. The van der Waals surface area contributed by atoms with Gasteiger partial charge in [-0.3, -0.25) is 20.1 Å². The van der Waals surface area contributed by atoms with Gasteiger partial charge in [-0.15, -0.1) is 0 Å². The molecule has 1 aliphatic heterocycles. The molecule has 33 heavy (non-hydrogen) atoms. The lowest BCUT2D eigenvalue weighted by Crippen LogP contribution is -2.44. The summed E-state index contributed by atoms with van der Waals surface area (Å²) >= 11 is 0. The first-order chi connectivity index (χ1) is 15.8. The van der Waals surface area contributed by atoms with Crippen LogP contribution in [-0.4, -0.2) is 75.6 Å². The third-order valence-electron chi connectivity index (χ3n) is 5.73. The van der Waals surface area contributed by atoms with Crippen molar-refractivity contribution in [1.29, 1.82) is 0 Å². The average molecular weight is 474 g/mol. The smallest absolute Gasteiger partial charge is 0.295 e. The van der Waals surface area contributed by atoms with Crippen molar-refractivity contribution >= 4 is 26.8 Å². The Morgan fingerprint density at radius 1 is 1.27 bits per heavy atom. The van der Waals surface area contributed by atoms with E-state index in [9.17, 15) is 18.4 Å². The number of carbonyl (C=O) groups excluding carboxylic acids is 1. The second-order valence-electron chi connectivity index (χ2n) is 8.06. The Labute approximate surface area is 192 Å². The molecule has 2 aromatic heterocycles. The van der Waals surface area contributed by atoms with Crippen LogP contribution in [0.15, 0.2) is 42.6 Å². The van der Waals surface area contributed by atoms with Gasteiger partial charge in [0.1, 0.15) is 5.69 Å². The van der Waals surface area contributed by atoms with E-state index in [2.05, 4.69) is 15.2 Å². The molecule has 3 aromatic rings. The van der Waals surface area contributed by atoms with Crippen LogP contribution in [0.2, 0.25) is 0 Å². The minimum Gasteiger partial charge on any atom is -0.373 e. The van der Waals surface area contributed by atoms with Crippen molar-refractivity contribution in [2.45, 2.75) is 32.5 Å². The summed E-state index contributed by atoms with van der Waals surface area (Å²) in [6.45, 7) is 2.74. The Hall–Kier alpha value is -2.86. The summed E-state index contributed by atoms with van der Waals surface area (Å²) in [4.78, 5) is 16.6. The van der Waals surface area contributed by atoms with E-state index in [0.717, 1.165) is 22.2 Å². The van der Waals surface area contributed by atoms with Crippen molar-refractivity contribution in [3.05, 3.63) is 59.5 Å². The molecule has 10 nitrogen and oxygen atoms in total. The highest BCUT2D eigenvalue weighted by Crippen LogP contribution is 2.22. The number of sulfonamides is 1. The number of hydrogen-bond acceptors (Lipinski definition) is 7. The SMILES string of the molecule is Cc1cc(COC2CCN(S(=O)(=O)CCN(O)C(=O)c3ccn[nH]3)CC2)c2ccccc2n1. The molecule has 1 saturated heterocycles. The van der Waals surface area contributed by atoms with E-state index in [1.807, 2.05) is 37.3 Å². The first-order valence-corrected chi connectivity index (χ1v) is 12.4. The Balaban J connectivity index is 1.27. The fraction of sp³-hybridized carbons (Fsp3) is 0.409. The van der Waals surface area contributed by atoms with Gasteiger partial charge < -0.3 is 4.74 Å². The monoisotopic (exact) mass is 473 g/mol. The van der Waals surface area contributed by atoms with Gasteiger partial charge in [-0.25, -0.2) is 17.8 Å². The van der Waals surface area contributed by atoms with Crippen LogP contribution in [0.1, 0.15) is 34.6 Å². The van der Waals surface area contributed by atoms with Gasteiger partial charge in [0.15, 0.2) is 0 Å². The molecule has 4 rings (SSSR count). The van der Waals surface area contributed by atoms with E-state index >= 15 is 0 Å². The third-order valence-corrected chi connectivity index (χ3v) is 7.58. The number of aryl methyl sites for hydroxylation is 1. The maximum Gasteiger partial charge on any atom is 0.295 e. The van der Waals surface area contributed by atoms with Gasteiger partial charge in [-0.05, 0) is 43.5 Å². The largest absolute Gasteiger partial charge is 0.373 e. The second kappa shape index (κ2) is 9.96. The van der Waals surface area contributed by atoms with Crippen molar-refractivity contribution in [1.82, 2.24) is 24.5 Å². The molecule has 1 aromatic carbocycles. The predicted molar refractivity (Wildman–Crippen MR) is 121 cm³/mol. The number of para-hydroxylation sites is 1. The van der Waals surface area contributed by atoms with E-state index in [1.54, 1.807) is 0 Å². The van der Waals surface area contributed by atoms with Gasteiger partial charge in [0.25, 0.3) is 5.91 Å². The Bertz CT molecular complexity index is 1210. The Kier molecular flexibility index (Phi) is 7.03. The highest BCUT2D eigenvalue weighted by atomic mass is 32.2. The molecule has 176 valence electrons. The van der Waals surface area contributed by atoms with Crippen LogP contribution in [0.5, 0.6) is 0 Å². The van der Waals surface area contributed by atoms with Crippen molar-refractivity contribution in [3.63, 3.8) is 0 Å². The first kappa shape index (κ1) is 23.3. The number of H-pyrrole nitrogens is 1. The minimum absolute atomic E-state index is 0.0417. The van der Waals surface area contributed by atoms with Gasteiger partial charge in [-0.1, -0.05) is 18.2 Å². The van der Waals surface area contributed by atoms with Crippen LogP contribution < -0.4 is 0 Å². The molecule has 0 unspecified atom stereocenters. The van der Waals surface area contributed by atoms with Crippen molar-refractivity contribution < 1.29 is 23.2 Å². The zero-order valence-electron chi connectivity index (χ0n) is 18.3. The van der Waals surface area contributed by atoms with Crippen LogP contribution in [0.3, 0.4) is 0 Å². The van der Waals surface area contributed by atoms with Crippen LogP contribution in [0.4, 0.5) is 0 Å². The number of piperidine rings is 1. The third kappa shape index (κ3) is 5.56. The number of carbonyl (C=O) groups is 1. The standard InChI is InChI=1S/C22H27N5O5S/c1-16-14-17(19-4-2-3-5-20(19)24-16)15-32-18-7-10-26(11-8-18)33(30,31)13-12-27(29)22(28)21-6-9-23-25-21/h2-6,9,14,18,29H,7-8,10-13,15H2,1H3,(H,23,25). The Morgan fingerprint density at radius 2 is 2.03 bits per heavy atom. The predicted octanol–water partition coefficient (Wildman–Crippen LogP) is 2.11. The molecular formula is C22H27N5O5S. The normalized spacial score (nSPS) is 15.7. The minimum atomic E-state index is -3.62. The summed E-state index contributed by atoms with van der Waals surface area (Å²) < 4.78 is 32.9. The lowest BCUT2D eigenvalue weighted by molar-refractivity contribution is -0.0542. The molecule has 1 aliphatic rings.